The smallest absolute Gasteiger partial charge is 0.366 e. The first-order chi connectivity index (χ1) is 14.4. The van der Waals surface area contributed by atoms with E-state index in [1.165, 1.54) is 12.1 Å². The fraction of sp³-hybridized carbons (Fsp3) is 0.458. The Balaban J connectivity index is 1.93. The highest BCUT2D eigenvalue weighted by Gasteiger charge is 2.43. The summed E-state index contributed by atoms with van der Waals surface area (Å²) < 4.78 is 42.3. The highest BCUT2D eigenvalue weighted by atomic mass is 19.4. The molecule has 2 fully saturated rings. The van der Waals surface area contributed by atoms with Crippen molar-refractivity contribution in [1.29, 1.82) is 0 Å². The quantitative estimate of drug-likeness (QED) is 0.731. The predicted octanol–water partition coefficient (Wildman–Crippen LogP) is 5.34. The number of carbonyl (C=O) groups is 1. The van der Waals surface area contributed by atoms with E-state index in [0.29, 0.717) is 6.04 Å². The van der Waals surface area contributed by atoms with Crippen molar-refractivity contribution in [1.82, 2.24) is 4.90 Å². The van der Waals surface area contributed by atoms with Crippen molar-refractivity contribution in [2.24, 2.45) is 5.73 Å². The lowest BCUT2D eigenvalue weighted by Crippen LogP contribution is -2.52. The van der Waals surface area contributed by atoms with Crippen molar-refractivity contribution in [2.75, 3.05) is 6.54 Å². The maximum atomic E-state index is 14.1. The summed E-state index contributed by atoms with van der Waals surface area (Å²) in [6, 6.07) is 13.4. The van der Waals surface area contributed by atoms with Crippen molar-refractivity contribution in [2.45, 2.75) is 62.7 Å². The van der Waals surface area contributed by atoms with E-state index < -0.39 is 23.6 Å². The number of piperidine rings is 2. The van der Waals surface area contributed by atoms with E-state index in [1.54, 1.807) is 0 Å². The molecule has 2 aromatic rings. The van der Waals surface area contributed by atoms with Gasteiger partial charge in [0.15, 0.2) is 0 Å². The van der Waals surface area contributed by atoms with Gasteiger partial charge >= 0.3 is 6.18 Å². The van der Waals surface area contributed by atoms with E-state index in [2.05, 4.69) is 4.90 Å². The number of hydrogen-bond acceptors (Lipinski definition) is 2. The molecule has 1 amide bonds. The molecule has 2 saturated heterocycles. The summed E-state index contributed by atoms with van der Waals surface area (Å²) in [6.07, 6.45) is 1.61. The maximum absolute atomic E-state index is 14.1. The lowest BCUT2D eigenvalue weighted by Gasteiger charge is -2.48. The molecule has 4 rings (SSSR count). The topological polar surface area (TPSA) is 46.3 Å². The summed E-state index contributed by atoms with van der Waals surface area (Å²) in [5, 5.41) is 0. The number of nitrogens with two attached hydrogens (primary N) is 1. The zero-order valence-corrected chi connectivity index (χ0v) is 16.9. The van der Waals surface area contributed by atoms with Gasteiger partial charge in [0, 0.05) is 23.6 Å². The Labute approximate surface area is 175 Å². The van der Waals surface area contributed by atoms with Crippen LogP contribution in [0.5, 0.6) is 0 Å². The Morgan fingerprint density at radius 2 is 1.70 bits per heavy atom. The van der Waals surface area contributed by atoms with Gasteiger partial charge in [0.05, 0.1) is 5.56 Å². The van der Waals surface area contributed by atoms with Gasteiger partial charge in [-0.3, -0.25) is 9.69 Å². The first-order valence-corrected chi connectivity index (χ1v) is 10.7. The number of alkyl halides is 3. The number of rotatable bonds is 4. The van der Waals surface area contributed by atoms with E-state index in [9.17, 15) is 18.0 Å². The zero-order chi connectivity index (χ0) is 21.3. The highest BCUT2D eigenvalue weighted by molar-refractivity contribution is 5.95. The molecule has 3 nitrogen and oxygen atoms in total. The predicted molar refractivity (Wildman–Crippen MR) is 110 cm³/mol. The molecule has 0 aliphatic carbocycles. The summed E-state index contributed by atoms with van der Waals surface area (Å²) >= 11 is 0. The van der Waals surface area contributed by atoms with Crippen LogP contribution in [0.1, 0.15) is 71.5 Å². The average molecular weight is 416 g/mol. The summed E-state index contributed by atoms with van der Waals surface area (Å²) in [6.45, 7) is 0.888. The van der Waals surface area contributed by atoms with Crippen LogP contribution in [0.2, 0.25) is 0 Å². The van der Waals surface area contributed by atoms with Crippen LogP contribution >= 0.6 is 0 Å². The largest absolute Gasteiger partial charge is 0.416 e. The van der Waals surface area contributed by atoms with Crippen molar-refractivity contribution in [3.05, 3.63) is 70.8 Å². The first kappa shape index (κ1) is 20.9. The van der Waals surface area contributed by atoms with Crippen LogP contribution in [0, 0.1) is 0 Å². The van der Waals surface area contributed by atoms with Crippen LogP contribution in [0.4, 0.5) is 13.2 Å². The molecular formula is C24H27F3N2O. The fourth-order valence-electron chi connectivity index (χ4n) is 5.46. The van der Waals surface area contributed by atoms with Crippen molar-refractivity contribution >= 4 is 5.91 Å². The van der Waals surface area contributed by atoms with Gasteiger partial charge in [0.2, 0.25) is 5.91 Å². The fourth-order valence-corrected chi connectivity index (χ4v) is 5.46. The van der Waals surface area contributed by atoms with Crippen molar-refractivity contribution in [3.63, 3.8) is 0 Å². The van der Waals surface area contributed by atoms with Crippen LogP contribution in [0.15, 0.2) is 48.5 Å². The van der Waals surface area contributed by atoms with Crippen LogP contribution in [-0.2, 0) is 6.18 Å². The summed E-state index contributed by atoms with van der Waals surface area (Å²) in [5.41, 5.74) is 5.62. The van der Waals surface area contributed by atoms with Gasteiger partial charge in [-0.25, -0.2) is 0 Å². The molecule has 0 aromatic heterocycles. The molecule has 2 heterocycles. The molecule has 2 aromatic carbocycles. The zero-order valence-electron chi connectivity index (χ0n) is 16.9. The van der Waals surface area contributed by atoms with E-state index in [-0.39, 0.29) is 17.2 Å². The second-order valence-corrected chi connectivity index (χ2v) is 8.40. The molecule has 2 aliphatic heterocycles. The number of hydrogen-bond donors (Lipinski definition) is 1. The van der Waals surface area contributed by atoms with Crippen molar-refractivity contribution < 1.29 is 18.0 Å². The molecule has 0 spiro atoms. The molecule has 0 bridgehead atoms. The molecule has 3 unspecified atom stereocenters. The molecule has 2 N–H and O–H groups in total. The van der Waals surface area contributed by atoms with E-state index in [0.717, 1.165) is 56.7 Å². The van der Waals surface area contributed by atoms with Gasteiger partial charge in [-0.05, 0) is 55.5 Å². The third-order valence-electron chi connectivity index (χ3n) is 6.67. The van der Waals surface area contributed by atoms with Gasteiger partial charge < -0.3 is 5.73 Å². The van der Waals surface area contributed by atoms with E-state index in [4.69, 9.17) is 5.73 Å². The molecule has 6 heteroatoms. The number of primary amides is 1. The first-order valence-electron chi connectivity index (χ1n) is 10.7. The molecule has 3 atom stereocenters. The minimum absolute atomic E-state index is 0.0277. The molecule has 160 valence electrons. The van der Waals surface area contributed by atoms with Crippen LogP contribution in [0.3, 0.4) is 0 Å². The Hall–Kier alpha value is -2.34. The highest BCUT2D eigenvalue weighted by Crippen LogP contribution is 2.45. The minimum Gasteiger partial charge on any atom is -0.366 e. The molecule has 0 saturated carbocycles. The average Bonchev–Trinajstić information content (AvgIpc) is 2.74. The lowest BCUT2D eigenvalue weighted by atomic mass is 9.74. The Kier molecular flexibility index (Phi) is 5.87. The van der Waals surface area contributed by atoms with Gasteiger partial charge in [-0.1, -0.05) is 49.2 Å². The third-order valence-corrected chi connectivity index (χ3v) is 6.67. The SMILES string of the molecule is NC(=O)c1cccc(C(F)(F)F)c1C(c1ccccc1)C1CCCC2CCCCN21. The molecular weight excluding hydrogens is 389 g/mol. The normalized spacial score (nSPS) is 23.6. The summed E-state index contributed by atoms with van der Waals surface area (Å²) in [5.74, 6) is -1.38. The summed E-state index contributed by atoms with van der Waals surface area (Å²) in [7, 11) is 0. The number of carbonyl (C=O) groups excluding carboxylic acids is 1. The van der Waals surface area contributed by atoms with Crippen molar-refractivity contribution in [3.8, 4) is 0 Å². The summed E-state index contributed by atoms with van der Waals surface area (Å²) in [4.78, 5) is 14.6. The van der Waals surface area contributed by atoms with E-state index >= 15 is 0 Å². The van der Waals surface area contributed by atoms with Crippen LogP contribution < -0.4 is 5.73 Å². The van der Waals surface area contributed by atoms with Gasteiger partial charge in [-0.15, -0.1) is 0 Å². The van der Waals surface area contributed by atoms with E-state index in [1.807, 2.05) is 30.3 Å². The van der Waals surface area contributed by atoms with Gasteiger partial charge in [0.25, 0.3) is 0 Å². The Morgan fingerprint density at radius 3 is 2.40 bits per heavy atom. The van der Waals surface area contributed by atoms with Gasteiger partial charge in [-0.2, -0.15) is 13.2 Å². The monoisotopic (exact) mass is 416 g/mol. The second-order valence-electron chi connectivity index (χ2n) is 8.40. The third kappa shape index (κ3) is 3.97. The Morgan fingerprint density at radius 1 is 0.967 bits per heavy atom. The maximum Gasteiger partial charge on any atom is 0.416 e. The second kappa shape index (κ2) is 8.42. The number of nitrogens with zero attached hydrogens (tertiary/aromatic N) is 1. The minimum atomic E-state index is -4.57. The lowest BCUT2D eigenvalue weighted by molar-refractivity contribution is -0.138. The van der Waals surface area contributed by atoms with Crippen LogP contribution in [-0.4, -0.2) is 29.4 Å². The standard InChI is InChI=1S/C24H27F3N2O/c25-24(26,27)19-13-7-12-18(23(28)30)22(19)21(16-8-2-1-3-9-16)20-14-6-11-17-10-4-5-15-29(17)20/h1-3,7-9,12-13,17,20-21H,4-6,10-11,14-15H2,(H2,28,30). The molecule has 0 radical (unpaired) electrons. The number of halogens is 3. The number of amides is 1. The number of fused-ring (bicyclic) bond motifs is 1. The molecule has 30 heavy (non-hydrogen) atoms. The van der Waals surface area contributed by atoms with Gasteiger partial charge in [0.1, 0.15) is 0 Å². The Bertz CT molecular complexity index is 895. The molecule has 2 aliphatic rings. The van der Waals surface area contributed by atoms with Crippen LogP contribution in [0.25, 0.3) is 0 Å². The number of benzene rings is 2.